The Morgan fingerprint density at radius 1 is 1.47 bits per heavy atom. The minimum atomic E-state index is 0.218. The second-order valence-corrected chi connectivity index (χ2v) is 4.68. The third-order valence-electron chi connectivity index (χ3n) is 3.66. The first-order valence-corrected chi connectivity index (χ1v) is 6.35. The topological polar surface area (TPSA) is 94.5 Å². The fourth-order valence-corrected chi connectivity index (χ4v) is 2.61. The number of fused-ring (bicyclic) bond motifs is 1. The molecule has 0 saturated carbocycles. The first kappa shape index (κ1) is 12.2. The zero-order chi connectivity index (χ0) is 13.2. The molecule has 8 nitrogen and oxygen atoms in total. The molecule has 2 atom stereocenters. The summed E-state index contributed by atoms with van der Waals surface area (Å²) in [5, 5.41) is 11.6. The van der Waals surface area contributed by atoms with Crippen molar-refractivity contribution in [1.29, 1.82) is 0 Å². The van der Waals surface area contributed by atoms with E-state index >= 15 is 0 Å². The normalized spacial score (nSPS) is 24.0. The van der Waals surface area contributed by atoms with E-state index in [-0.39, 0.29) is 12.1 Å². The number of piperidine rings is 1. The van der Waals surface area contributed by atoms with Gasteiger partial charge in [0.15, 0.2) is 11.5 Å². The Hall–Kier alpha value is -1.80. The summed E-state index contributed by atoms with van der Waals surface area (Å²) in [7, 11) is 1.75. The van der Waals surface area contributed by atoms with Gasteiger partial charge in [0.1, 0.15) is 0 Å². The van der Waals surface area contributed by atoms with Crippen LogP contribution in [0.4, 0.5) is 5.82 Å². The van der Waals surface area contributed by atoms with Gasteiger partial charge in [0.2, 0.25) is 0 Å². The van der Waals surface area contributed by atoms with E-state index in [2.05, 4.69) is 25.4 Å². The number of hydrogen-bond donors (Lipinski definition) is 1. The minimum absolute atomic E-state index is 0.218. The standard InChI is InChI=1S/C11H17N7O/c1-19-9-2-3-17(8(4-9)5-12)11-7-13-6-10-14-15-16-18(10)11/h6-9H,2-5,12H2,1H3. The van der Waals surface area contributed by atoms with Crippen molar-refractivity contribution >= 4 is 11.5 Å². The number of anilines is 1. The molecule has 3 heterocycles. The van der Waals surface area contributed by atoms with Crippen LogP contribution in [0.5, 0.6) is 0 Å². The van der Waals surface area contributed by atoms with Gasteiger partial charge in [-0.15, -0.1) is 5.10 Å². The summed E-state index contributed by atoms with van der Waals surface area (Å²) in [4.78, 5) is 6.41. The van der Waals surface area contributed by atoms with E-state index in [0.29, 0.717) is 12.2 Å². The highest BCUT2D eigenvalue weighted by Crippen LogP contribution is 2.25. The van der Waals surface area contributed by atoms with Gasteiger partial charge < -0.3 is 15.4 Å². The summed E-state index contributed by atoms with van der Waals surface area (Å²) in [5.41, 5.74) is 6.53. The van der Waals surface area contributed by atoms with E-state index in [1.165, 1.54) is 0 Å². The molecule has 1 saturated heterocycles. The molecule has 0 spiro atoms. The second kappa shape index (κ2) is 5.06. The predicted octanol–water partition coefficient (Wildman–Crippen LogP) is -0.538. The quantitative estimate of drug-likeness (QED) is 0.794. The number of methoxy groups -OCH3 is 1. The van der Waals surface area contributed by atoms with Crippen LogP contribution in [0, 0.1) is 0 Å². The Kier molecular flexibility index (Phi) is 3.26. The average Bonchev–Trinajstić information content (AvgIpc) is 2.95. The Bertz CT molecular complexity index is 557. The molecule has 1 aliphatic heterocycles. The Balaban J connectivity index is 1.94. The van der Waals surface area contributed by atoms with Crippen LogP contribution >= 0.6 is 0 Å². The summed E-state index contributed by atoms with van der Waals surface area (Å²) in [5.74, 6) is 0.882. The summed E-state index contributed by atoms with van der Waals surface area (Å²) in [6, 6.07) is 0.218. The van der Waals surface area contributed by atoms with Crippen LogP contribution in [0.2, 0.25) is 0 Å². The Morgan fingerprint density at radius 2 is 2.37 bits per heavy atom. The van der Waals surface area contributed by atoms with Gasteiger partial charge in [-0.05, 0) is 23.3 Å². The van der Waals surface area contributed by atoms with E-state index in [4.69, 9.17) is 10.5 Å². The maximum absolute atomic E-state index is 5.89. The largest absolute Gasteiger partial charge is 0.381 e. The summed E-state index contributed by atoms with van der Waals surface area (Å²) in [6.07, 6.45) is 5.56. The zero-order valence-corrected chi connectivity index (χ0v) is 10.8. The first-order chi connectivity index (χ1) is 9.33. The minimum Gasteiger partial charge on any atom is -0.381 e. The predicted molar refractivity (Wildman–Crippen MR) is 68.8 cm³/mol. The maximum atomic E-state index is 5.89. The van der Waals surface area contributed by atoms with Crippen molar-refractivity contribution in [2.24, 2.45) is 5.73 Å². The number of tetrazole rings is 1. The third kappa shape index (κ3) is 2.13. The van der Waals surface area contributed by atoms with Crippen LogP contribution in [-0.4, -0.2) is 57.4 Å². The number of nitrogens with two attached hydrogens (primary N) is 1. The molecule has 3 rings (SSSR count). The molecule has 2 aromatic rings. The van der Waals surface area contributed by atoms with Crippen LogP contribution in [0.3, 0.4) is 0 Å². The van der Waals surface area contributed by atoms with Gasteiger partial charge in [-0.2, -0.15) is 4.52 Å². The van der Waals surface area contributed by atoms with Crippen molar-refractivity contribution < 1.29 is 4.74 Å². The lowest BCUT2D eigenvalue weighted by Gasteiger charge is -2.39. The van der Waals surface area contributed by atoms with Crippen LogP contribution in [0.15, 0.2) is 12.4 Å². The third-order valence-corrected chi connectivity index (χ3v) is 3.66. The van der Waals surface area contributed by atoms with Gasteiger partial charge in [0, 0.05) is 26.2 Å². The summed E-state index contributed by atoms with van der Waals surface area (Å²) >= 11 is 0. The monoisotopic (exact) mass is 263 g/mol. The molecule has 2 N–H and O–H groups in total. The van der Waals surface area contributed by atoms with E-state index < -0.39 is 0 Å². The lowest BCUT2D eigenvalue weighted by molar-refractivity contribution is 0.0707. The molecule has 0 radical (unpaired) electrons. The van der Waals surface area contributed by atoms with E-state index in [9.17, 15) is 0 Å². The highest BCUT2D eigenvalue weighted by molar-refractivity contribution is 5.47. The van der Waals surface area contributed by atoms with Crippen molar-refractivity contribution in [3.63, 3.8) is 0 Å². The molecule has 0 amide bonds. The summed E-state index contributed by atoms with van der Waals surface area (Å²) < 4.78 is 7.13. The van der Waals surface area contributed by atoms with Gasteiger partial charge in [-0.25, -0.2) is 0 Å². The molecule has 1 aliphatic rings. The average molecular weight is 263 g/mol. The highest BCUT2D eigenvalue weighted by Gasteiger charge is 2.29. The van der Waals surface area contributed by atoms with Crippen LogP contribution < -0.4 is 10.6 Å². The zero-order valence-electron chi connectivity index (χ0n) is 10.8. The second-order valence-electron chi connectivity index (χ2n) is 4.68. The summed E-state index contributed by atoms with van der Waals surface area (Å²) in [6.45, 7) is 1.43. The van der Waals surface area contributed by atoms with Crippen molar-refractivity contribution in [3.8, 4) is 0 Å². The molecule has 1 fully saturated rings. The number of nitrogens with zero attached hydrogens (tertiary/aromatic N) is 6. The number of hydrogen-bond acceptors (Lipinski definition) is 7. The molecular weight excluding hydrogens is 246 g/mol. The Labute approximate surface area is 110 Å². The molecular formula is C11H17N7O. The maximum Gasteiger partial charge on any atom is 0.199 e. The van der Waals surface area contributed by atoms with Gasteiger partial charge in [-0.1, -0.05) is 0 Å². The fraction of sp³-hybridized carbons (Fsp3) is 0.636. The van der Waals surface area contributed by atoms with Crippen molar-refractivity contribution in [2.75, 3.05) is 25.1 Å². The first-order valence-electron chi connectivity index (χ1n) is 6.35. The van der Waals surface area contributed by atoms with E-state index in [1.807, 2.05) is 0 Å². The van der Waals surface area contributed by atoms with Crippen LogP contribution in [-0.2, 0) is 4.74 Å². The fourth-order valence-electron chi connectivity index (χ4n) is 2.61. The van der Waals surface area contributed by atoms with Gasteiger partial charge >= 0.3 is 0 Å². The lowest BCUT2D eigenvalue weighted by Crippen LogP contribution is -2.49. The van der Waals surface area contributed by atoms with Crippen LogP contribution in [0.25, 0.3) is 5.65 Å². The van der Waals surface area contributed by atoms with Crippen molar-refractivity contribution in [1.82, 2.24) is 25.0 Å². The SMILES string of the molecule is COC1CCN(c2cncc3nnnn23)C(CN)C1. The number of ether oxygens (including phenoxy) is 1. The van der Waals surface area contributed by atoms with Gasteiger partial charge in [0.25, 0.3) is 0 Å². The van der Waals surface area contributed by atoms with Crippen LogP contribution in [0.1, 0.15) is 12.8 Å². The Morgan fingerprint density at radius 3 is 3.16 bits per heavy atom. The lowest BCUT2D eigenvalue weighted by atomic mass is 9.99. The molecule has 8 heteroatoms. The molecule has 0 aliphatic carbocycles. The number of aromatic nitrogens is 5. The highest BCUT2D eigenvalue weighted by atomic mass is 16.5. The molecule has 0 aromatic carbocycles. The van der Waals surface area contributed by atoms with E-state index in [0.717, 1.165) is 25.2 Å². The van der Waals surface area contributed by atoms with Gasteiger partial charge in [-0.3, -0.25) is 4.98 Å². The van der Waals surface area contributed by atoms with Crippen molar-refractivity contribution in [2.45, 2.75) is 25.0 Å². The molecule has 2 aromatic heterocycles. The smallest absolute Gasteiger partial charge is 0.199 e. The van der Waals surface area contributed by atoms with E-state index in [1.54, 1.807) is 24.0 Å². The van der Waals surface area contributed by atoms with Gasteiger partial charge in [0.05, 0.1) is 18.5 Å². The molecule has 2 unspecified atom stereocenters. The van der Waals surface area contributed by atoms with Crippen molar-refractivity contribution in [3.05, 3.63) is 12.4 Å². The number of rotatable bonds is 3. The molecule has 19 heavy (non-hydrogen) atoms. The molecule has 0 bridgehead atoms. The molecule has 102 valence electrons.